The average molecular weight is 338 g/mol. The van der Waals surface area contributed by atoms with E-state index in [0.29, 0.717) is 18.8 Å². The zero-order valence-corrected chi connectivity index (χ0v) is 14.4. The zero-order valence-electron chi connectivity index (χ0n) is 14.4. The Kier molecular flexibility index (Phi) is 4.02. The van der Waals surface area contributed by atoms with Gasteiger partial charge >= 0.3 is 11.9 Å². The van der Waals surface area contributed by atoms with Gasteiger partial charge < -0.3 is 14.9 Å². The van der Waals surface area contributed by atoms with Crippen molar-refractivity contribution in [2.45, 2.75) is 58.7 Å². The SMILES string of the molecule is CC(=O)[C@@H](C(=O)OC(C)(C)O)C1C2CC3CC1CC(C(=O)O)(C3)C2. The van der Waals surface area contributed by atoms with Gasteiger partial charge in [-0.05, 0) is 62.7 Å². The minimum absolute atomic E-state index is 0.0654. The van der Waals surface area contributed by atoms with E-state index in [1.807, 2.05) is 0 Å². The number of Topliss-reactive ketones (excluding diaryl/α,β-unsaturated/α-hetero) is 1. The summed E-state index contributed by atoms with van der Waals surface area (Å²) < 4.78 is 5.07. The van der Waals surface area contributed by atoms with Crippen molar-refractivity contribution in [2.75, 3.05) is 0 Å². The third kappa shape index (κ3) is 2.85. The summed E-state index contributed by atoms with van der Waals surface area (Å²) in [6, 6.07) is 0. The number of carboxylic acids is 1. The molecule has 4 aliphatic rings. The second-order valence-corrected chi connectivity index (χ2v) is 8.59. The van der Waals surface area contributed by atoms with Crippen LogP contribution in [0.25, 0.3) is 0 Å². The lowest BCUT2D eigenvalue weighted by Gasteiger charge is -2.59. The molecule has 4 rings (SSSR count). The van der Waals surface area contributed by atoms with Crippen molar-refractivity contribution in [1.82, 2.24) is 0 Å². The van der Waals surface area contributed by atoms with E-state index in [9.17, 15) is 24.6 Å². The van der Waals surface area contributed by atoms with Crippen LogP contribution in [0.2, 0.25) is 0 Å². The van der Waals surface area contributed by atoms with Crippen LogP contribution in [-0.4, -0.2) is 33.7 Å². The number of aliphatic carboxylic acids is 1. The molecule has 6 nitrogen and oxygen atoms in total. The molecule has 0 saturated heterocycles. The average Bonchev–Trinajstić information content (AvgIpc) is 2.39. The van der Waals surface area contributed by atoms with Gasteiger partial charge in [-0.25, -0.2) is 0 Å². The fourth-order valence-electron chi connectivity index (χ4n) is 5.77. The van der Waals surface area contributed by atoms with Crippen LogP contribution in [0.4, 0.5) is 0 Å². The number of carbonyl (C=O) groups excluding carboxylic acids is 2. The van der Waals surface area contributed by atoms with E-state index < -0.39 is 29.1 Å². The van der Waals surface area contributed by atoms with Crippen molar-refractivity contribution in [3.63, 3.8) is 0 Å². The van der Waals surface area contributed by atoms with Gasteiger partial charge in [-0.1, -0.05) is 0 Å². The van der Waals surface area contributed by atoms with Gasteiger partial charge in [-0.2, -0.15) is 0 Å². The Morgan fingerprint density at radius 2 is 1.67 bits per heavy atom. The highest BCUT2D eigenvalue weighted by atomic mass is 16.7. The minimum Gasteiger partial charge on any atom is -0.481 e. The molecule has 0 aliphatic heterocycles. The van der Waals surface area contributed by atoms with E-state index in [1.165, 1.54) is 20.8 Å². The van der Waals surface area contributed by atoms with Crippen molar-refractivity contribution < 1.29 is 29.3 Å². The van der Waals surface area contributed by atoms with Crippen LogP contribution in [0.1, 0.15) is 52.9 Å². The maximum Gasteiger partial charge on any atom is 0.319 e. The molecule has 4 aliphatic carbocycles. The summed E-state index contributed by atoms with van der Waals surface area (Å²) in [4.78, 5) is 36.5. The van der Waals surface area contributed by atoms with E-state index >= 15 is 0 Å². The molecular formula is C18H26O6. The van der Waals surface area contributed by atoms with E-state index in [0.717, 1.165) is 19.3 Å². The van der Waals surface area contributed by atoms with Crippen molar-refractivity contribution in [1.29, 1.82) is 0 Å². The summed E-state index contributed by atoms with van der Waals surface area (Å²) in [6.45, 7) is 4.10. The number of rotatable bonds is 5. The molecule has 0 spiro atoms. The van der Waals surface area contributed by atoms with Crippen LogP contribution in [0.3, 0.4) is 0 Å². The molecule has 0 aromatic heterocycles. The van der Waals surface area contributed by atoms with Crippen LogP contribution in [0.15, 0.2) is 0 Å². The van der Waals surface area contributed by atoms with E-state index in [-0.39, 0.29) is 23.5 Å². The molecule has 4 fully saturated rings. The van der Waals surface area contributed by atoms with Gasteiger partial charge in [0.1, 0.15) is 11.7 Å². The molecule has 6 heteroatoms. The monoisotopic (exact) mass is 338 g/mol. The molecule has 0 heterocycles. The third-order valence-corrected chi connectivity index (χ3v) is 6.23. The molecule has 2 N–H and O–H groups in total. The fraction of sp³-hybridized carbons (Fsp3) is 0.833. The summed E-state index contributed by atoms with van der Waals surface area (Å²) >= 11 is 0. The van der Waals surface area contributed by atoms with Gasteiger partial charge in [-0.3, -0.25) is 14.4 Å². The molecule has 0 aromatic carbocycles. The lowest BCUT2D eigenvalue weighted by Crippen LogP contribution is -2.57. The van der Waals surface area contributed by atoms with Crippen molar-refractivity contribution in [2.24, 2.45) is 35.0 Å². The maximum atomic E-state index is 12.5. The summed E-state index contributed by atoms with van der Waals surface area (Å²) in [6.07, 6.45) is 3.58. The number of hydrogen-bond acceptors (Lipinski definition) is 5. The number of ether oxygens (including phenoxy) is 1. The van der Waals surface area contributed by atoms with Crippen LogP contribution in [-0.2, 0) is 19.1 Å². The Labute approximate surface area is 141 Å². The maximum absolute atomic E-state index is 12.5. The largest absolute Gasteiger partial charge is 0.481 e. The Bertz CT molecular complexity index is 559. The summed E-state index contributed by atoms with van der Waals surface area (Å²) in [5.41, 5.74) is -0.672. The Hall–Kier alpha value is -1.43. The predicted octanol–water partition coefficient (Wildman–Crippen LogP) is 1.99. The molecule has 2 unspecified atom stereocenters. The van der Waals surface area contributed by atoms with Gasteiger partial charge in [0.2, 0.25) is 5.79 Å². The van der Waals surface area contributed by atoms with Crippen molar-refractivity contribution >= 4 is 17.7 Å². The van der Waals surface area contributed by atoms with Gasteiger partial charge in [-0.15, -0.1) is 0 Å². The molecule has 134 valence electrons. The number of esters is 1. The quantitative estimate of drug-likeness (QED) is 0.452. The fourth-order valence-corrected chi connectivity index (χ4v) is 5.77. The van der Waals surface area contributed by atoms with Gasteiger partial charge in [0, 0.05) is 13.8 Å². The molecular weight excluding hydrogens is 312 g/mol. The first kappa shape index (κ1) is 17.4. The standard InChI is InChI=1S/C18H26O6/c1-9(19)13(15(20)24-17(2,3)23)14-11-4-10-5-12(14)8-18(6-10,7-11)16(21)22/h10-14,23H,4-8H2,1-3H3,(H,21,22)/t10?,11?,12?,13-,14?,18?/m1/s1. The van der Waals surface area contributed by atoms with Gasteiger partial charge in [0.25, 0.3) is 0 Å². The van der Waals surface area contributed by atoms with Crippen LogP contribution in [0, 0.1) is 35.0 Å². The van der Waals surface area contributed by atoms with Crippen LogP contribution in [0.5, 0.6) is 0 Å². The highest BCUT2D eigenvalue weighted by molar-refractivity contribution is 5.98. The number of hydrogen-bond donors (Lipinski definition) is 2. The van der Waals surface area contributed by atoms with Crippen LogP contribution < -0.4 is 0 Å². The topological polar surface area (TPSA) is 101 Å². The smallest absolute Gasteiger partial charge is 0.319 e. The number of carboxylic acid groups (broad SMARTS) is 1. The van der Waals surface area contributed by atoms with Crippen LogP contribution >= 0.6 is 0 Å². The highest BCUT2D eigenvalue weighted by Crippen LogP contribution is 2.63. The highest BCUT2D eigenvalue weighted by Gasteiger charge is 2.61. The van der Waals surface area contributed by atoms with E-state index in [4.69, 9.17) is 4.74 Å². The van der Waals surface area contributed by atoms with Gasteiger partial charge in [0.15, 0.2) is 0 Å². The number of ketones is 1. The van der Waals surface area contributed by atoms with Gasteiger partial charge in [0.05, 0.1) is 5.41 Å². The summed E-state index contributed by atoms with van der Waals surface area (Å²) in [5.74, 6) is -3.86. The molecule has 3 atom stereocenters. The molecule has 0 amide bonds. The Balaban J connectivity index is 1.87. The third-order valence-electron chi connectivity index (χ3n) is 6.23. The Morgan fingerprint density at radius 1 is 1.12 bits per heavy atom. The first-order chi connectivity index (χ1) is 11.0. The first-order valence-electron chi connectivity index (χ1n) is 8.71. The molecule has 4 bridgehead atoms. The second kappa shape index (κ2) is 5.55. The number of aliphatic hydroxyl groups is 1. The molecule has 0 aromatic rings. The van der Waals surface area contributed by atoms with Crippen molar-refractivity contribution in [3.8, 4) is 0 Å². The summed E-state index contributed by atoms with van der Waals surface area (Å²) in [7, 11) is 0. The molecule has 4 saturated carbocycles. The molecule has 0 radical (unpaired) electrons. The van der Waals surface area contributed by atoms with E-state index in [2.05, 4.69) is 0 Å². The van der Waals surface area contributed by atoms with E-state index in [1.54, 1.807) is 0 Å². The normalized spacial score (nSPS) is 38.7. The lowest BCUT2D eigenvalue weighted by atomic mass is 9.44. The lowest BCUT2D eigenvalue weighted by molar-refractivity contribution is -0.207. The first-order valence-corrected chi connectivity index (χ1v) is 8.71. The summed E-state index contributed by atoms with van der Waals surface area (Å²) in [5, 5.41) is 19.4. The van der Waals surface area contributed by atoms with Crippen molar-refractivity contribution in [3.05, 3.63) is 0 Å². The zero-order chi connectivity index (χ0) is 17.9. The number of carbonyl (C=O) groups is 3. The Morgan fingerprint density at radius 3 is 2.08 bits per heavy atom. The second-order valence-electron chi connectivity index (χ2n) is 8.59. The predicted molar refractivity (Wildman–Crippen MR) is 83.7 cm³/mol. The minimum atomic E-state index is -1.63. The molecule has 24 heavy (non-hydrogen) atoms.